The zero-order valence-corrected chi connectivity index (χ0v) is 13.7. The summed E-state index contributed by atoms with van der Waals surface area (Å²) in [6.07, 6.45) is 3.20. The number of carbonyl (C=O) groups is 2. The number of rotatable bonds is 5. The van der Waals surface area contributed by atoms with Gasteiger partial charge in [-0.1, -0.05) is 19.1 Å². The maximum atomic E-state index is 12.4. The van der Waals surface area contributed by atoms with E-state index in [2.05, 4.69) is 12.2 Å². The SMILES string of the molecule is CCc1ccc(N/C=C(/C#N)C(=O)N2CCC(C(=O)O)CC2)cc1. The summed E-state index contributed by atoms with van der Waals surface area (Å²) >= 11 is 0. The topological polar surface area (TPSA) is 93.4 Å². The molecule has 2 N–H and O–H groups in total. The first-order valence-corrected chi connectivity index (χ1v) is 8.03. The van der Waals surface area contributed by atoms with E-state index in [1.54, 1.807) is 0 Å². The summed E-state index contributed by atoms with van der Waals surface area (Å²) in [5.41, 5.74) is 2.03. The second-order valence-electron chi connectivity index (χ2n) is 5.77. The van der Waals surface area contributed by atoms with E-state index in [0.29, 0.717) is 25.9 Å². The Kier molecular flexibility index (Phi) is 5.96. The molecule has 24 heavy (non-hydrogen) atoms. The zero-order valence-electron chi connectivity index (χ0n) is 13.7. The molecule has 1 saturated heterocycles. The van der Waals surface area contributed by atoms with Crippen LogP contribution in [0.2, 0.25) is 0 Å². The van der Waals surface area contributed by atoms with Crippen LogP contribution in [0.25, 0.3) is 0 Å². The van der Waals surface area contributed by atoms with Crippen molar-refractivity contribution in [3.63, 3.8) is 0 Å². The molecule has 1 fully saturated rings. The van der Waals surface area contributed by atoms with Crippen molar-refractivity contribution in [2.45, 2.75) is 26.2 Å². The number of nitriles is 1. The van der Waals surface area contributed by atoms with Crippen LogP contribution in [0.3, 0.4) is 0 Å². The summed E-state index contributed by atoms with van der Waals surface area (Å²) in [5, 5.41) is 21.2. The number of benzene rings is 1. The Hall–Kier alpha value is -2.81. The molecule has 0 aromatic heterocycles. The van der Waals surface area contributed by atoms with E-state index in [9.17, 15) is 14.9 Å². The van der Waals surface area contributed by atoms with Crippen LogP contribution in [0.5, 0.6) is 0 Å². The van der Waals surface area contributed by atoms with Crippen molar-refractivity contribution in [3.8, 4) is 6.07 Å². The maximum Gasteiger partial charge on any atom is 0.306 e. The molecule has 1 aromatic carbocycles. The van der Waals surface area contributed by atoms with Crippen molar-refractivity contribution in [2.24, 2.45) is 5.92 Å². The van der Waals surface area contributed by atoms with Crippen LogP contribution in [0.15, 0.2) is 36.0 Å². The highest BCUT2D eigenvalue weighted by Gasteiger charge is 2.28. The quantitative estimate of drug-likeness (QED) is 0.640. The number of aryl methyl sites for hydroxylation is 1. The third-order valence-electron chi connectivity index (χ3n) is 4.23. The Morgan fingerprint density at radius 3 is 2.46 bits per heavy atom. The fraction of sp³-hybridized carbons (Fsp3) is 0.389. The van der Waals surface area contributed by atoms with Gasteiger partial charge >= 0.3 is 5.97 Å². The summed E-state index contributed by atoms with van der Waals surface area (Å²) in [4.78, 5) is 24.9. The average Bonchev–Trinajstić information content (AvgIpc) is 2.62. The summed E-state index contributed by atoms with van der Waals surface area (Å²) in [7, 11) is 0. The van der Waals surface area contributed by atoms with E-state index in [4.69, 9.17) is 5.11 Å². The fourth-order valence-corrected chi connectivity index (χ4v) is 2.63. The minimum Gasteiger partial charge on any atom is -0.481 e. The molecule has 126 valence electrons. The highest BCUT2D eigenvalue weighted by Crippen LogP contribution is 2.19. The van der Waals surface area contributed by atoms with Crippen LogP contribution < -0.4 is 5.32 Å². The van der Waals surface area contributed by atoms with Crippen molar-refractivity contribution in [1.29, 1.82) is 5.26 Å². The first-order chi connectivity index (χ1) is 11.5. The number of anilines is 1. The number of hydrogen-bond acceptors (Lipinski definition) is 4. The second-order valence-corrected chi connectivity index (χ2v) is 5.77. The number of amides is 1. The molecule has 0 radical (unpaired) electrons. The molecule has 0 saturated carbocycles. The molecule has 0 spiro atoms. The van der Waals surface area contributed by atoms with Gasteiger partial charge in [0.05, 0.1) is 5.92 Å². The highest BCUT2D eigenvalue weighted by atomic mass is 16.4. The van der Waals surface area contributed by atoms with E-state index >= 15 is 0 Å². The minimum absolute atomic E-state index is 0.0170. The Bertz CT molecular complexity index is 666. The Labute approximate surface area is 141 Å². The van der Waals surface area contributed by atoms with Crippen LogP contribution >= 0.6 is 0 Å². The number of piperidine rings is 1. The lowest BCUT2D eigenvalue weighted by atomic mass is 9.97. The molecule has 6 nitrogen and oxygen atoms in total. The van der Waals surface area contributed by atoms with Gasteiger partial charge in [0.15, 0.2) is 0 Å². The van der Waals surface area contributed by atoms with Crippen molar-refractivity contribution in [1.82, 2.24) is 4.90 Å². The molecule has 0 unspecified atom stereocenters. The van der Waals surface area contributed by atoms with Crippen molar-refractivity contribution >= 4 is 17.6 Å². The standard InChI is InChI=1S/C18H21N3O3/c1-2-13-3-5-16(6-4-13)20-12-15(11-19)17(22)21-9-7-14(8-10-21)18(23)24/h3-6,12,14,20H,2,7-10H2,1H3,(H,23,24)/b15-12-. The predicted molar refractivity (Wildman–Crippen MR) is 90.1 cm³/mol. The van der Waals surface area contributed by atoms with Gasteiger partial charge in [-0.15, -0.1) is 0 Å². The number of hydrogen-bond donors (Lipinski definition) is 2. The number of nitrogens with one attached hydrogen (secondary N) is 1. The summed E-state index contributed by atoms with van der Waals surface area (Å²) in [6.45, 7) is 2.79. The molecular formula is C18H21N3O3. The molecule has 1 aromatic rings. The van der Waals surface area contributed by atoms with E-state index in [1.807, 2.05) is 30.3 Å². The lowest BCUT2D eigenvalue weighted by Gasteiger charge is -2.29. The van der Waals surface area contributed by atoms with Crippen LogP contribution in [-0.4, -0.2) is 35.0 Å². The van der Waals surface area contributed by atoms with Crippen LogP contribution in [-0.2, 0) is 16.0 Å². The van der Waals surface area contributed by atoms with E-state index in [1.165, 1.54) is 16.7 Å². The molecule has 1 amide bonds. The Morgan fingerprint density at radius 2 is 1.96 bits per heavy atom. The normalized spacial score (nSPS) is 15.7. The lowest BCUT2D eigenvalue weighted by molar-refractivity contribution is -0.145. The molecule has 0 bridgehead atoms. The maximum absolute atomic E-state index is 12.4. The van der Waals surface area contributed by atoms with E-state index < -0.39 is 11.9 Å². The van der Waals surface area contributed by atoms with Crippen LogP contribution in [0.4, 0.5) is 5.69 Å². The Morgan fingerprint density at radius 1 is 1.33 bits per heavy atom. The molecule has 1 heterocycles. The highest BCUT2D eigenvalue weighted by molar-refractivity contribution is 5.97. The van der Waals surface area contributed by atoms with Gasteiger partial charge in [0.1, 0.15) is 11.6 Å². The molecule has 1 aliphatic rings. The molecule has 0 aliphatic carbocycles. The number of carbonyl (C=O) groups excluding carboxylic acids is 1. The van der Waals surface area contributed by atoms with Crippen molar-refractivity contribution in [2.75, 3.05) is 18.4 Å². The third-order valence-corrected chi connectivity index (χ3v) is 4.23. The van der Waals surface area contributed by atoms with Gasteiger partial charge in [0, 0.05) is 25.0 Å². The summed E-state index contributed by atoms with van der Waals surface area (Å²) in [5.74, 6) is -1.59. The first kappa shape index (κ1) is 17.5. The van der Waals surface area contributed by atoms with Gasteiger partial charge in [-0.3, -0.25) is 9.59 Å². The van der Waals surface area contributed by atoms with Crippen LogP contribution in [0.1, 0.15) is 25.3 Å². The number of nitrogens with zero attached hydrogens (tertiary/aromatic N) is 2. The van der Waals surface area contributed by atoms with Crippen LogP contribution in [0, 0.1) is 17.2 Å². The Balaban J connectivity index is 1.98. The van der Waals surface area contributed by atoms with Crippen molar-refractivity contribution in [3.05, 3.63) is 41.6 Å². The number of aliphatic carboxylic acids is 1. The van der Waals surface area contributed by atoms with Gasteiger partial charge in [0.25, 0.3) is 5.91 Å². The van der Waals surface area contributed by atoms with E-state index in [-0.39, 0.29) is 11.5 Å². The van der Waals surface area contributed by atoms with Gasteiger partial charge in [-0.2, -0.15) is 5.26 Å². The molecule has 0 atom stereocenters. The number of likely N-dealkylation sites (tertiary alicyclic amines) is 1. The lowest BCUT2D eigenvalue weighted by Crippen LogP contribution is -2.40. The zero-order chi connectivity index (χ0) is 17.5. The molecule has 2 rings (SSSR count). The minimum atomic E-state index is -0.824. The molecular weight excluding hydrogens is 306 g/mol. The van der Waals surface area contributed by atoms with Gasteiger partial charge < -0.3 is 15.3 Å². The second kappa shape index (κ2) is 8.16. The average molecular weight is 327 g/mol. The largest absolute Gasteiger partial charge is 0.481 e. The number of carboxylic acid groups (broad SMARTS) is 1. The third kappa shape index (κ3) is 4.35. The number of carboxylic acids is 1. The summed E-state index contributed by atoms with van der Waals surface area (Å²) < 4.78 is 0. The smallest absolute Gasteiger partial charge is 0.306 e. The monoisotopic (exact) mass is 327 g/mol. The van der Waals surface area contributed by atoms with Crippen molar-refractivity contribution < 1.29 is 14.7 Å². The molecule has 6 heteroatoms. The van der Waals surface area contributed by atoms with Gasteiger partial charge in [-0.25, -0.2) is 0 Å². The van der Waals surface area contributed by atoms with E-state index in [0.717, 1.165) is 12.1 Å². The first-order valence-electron chi connectivity index (χ1n) is 8.03. The van der Waals surface area contributed by atoms with Gasteiger partial charge in [-0.05, 0) is 37.0 Å². The fourth-order valence-electron chi connectivity index (χ4n) is 2.63. The van der Waals surface area contributed by atoms with Gasteiger partial charge in [0.2, 0.25) is 0 Å². The summed E-state index contributed by atoms with van der Waals surface area (Å²) in [6, 6.07) is 9.68. The molecule has 1 aliphatic heterocycles. The predicted octanol–water partition coefficient (Wildman–Crippen LogP) is 2.39.